The number of terminal acetylenes is 1. The molecular formula is C13H23N. The highest BCUT2D eigenvalue weighted by Crippen LogP contribution is 2.42. The summed E-state index contributed by atoms with van der Waals surface area (Å²) in [5, 5.41) is 3.28. The lowest BCUT2D eigenvalue weighted by Crippen LogP contribution is -2.34. The molecule has 1 saturated carbocycles. The summed E-state index contributed by atoms with van der Waals surface area (Å²) in [5.41, 5.74) is 0.506. The Kier molecular flexibility index (Phi) is 4.01. The molecule has 0 spiro atoms. The summed E-state index contributed by atoms with van der Waals surface area (Å²) in [5.74, 6) is 4.36. The monoisotopic (exact) mass is 193 g/mol. The molecular weight excluding hydrogens is 170 g/mol. The maximum atomic E-state index is 5.44. The van der Waals surface area contributed by atoms with Crippen LogP contribution in [-0.2, 0) is 0 Å². The van der Waals surface area contributed by atoms with Gasteiger partial charge < -0.3 is 5.32 Å². The van der Waals surface area contributed by atoms with E-state index >= 15 is 0 Å². The Morgan fingerprint density at radius 3 is 2.71 bits per heavy atom. The van der Waals surface area contributed by atoms with Gasteiger partial charge in [-0.05, 0) is 50.1 Å². The molecule has 1 nitrogen and oxygen atoms in total. The van der Waals surface area contributed by atoms with E-state index in [2.05, 4.69) is 25.1 Å². The summed E-state index contributed by atoms with van der Waals surface area (Å²) in [7, 11) is 2.03. The molecule has 80 valence electrons. The zero-order valence-corrected chi connectivity index (χ0v) is 9.77. The minimum atomic E-state index is 0.506. The van der Waals surface area contributed by atoms with Crippen LogP contribution in [0, 0.1) is 29.6 Å². The number of hydrogen-bond donors (Lipinski definition) is 1. The van der Waals surface area contributed by atoms with Gasteiger partial charge in [-0.25, -0.2) is 0 Å². The normalized spacial score (nSPS) is 31.0. The summed E-state index contributed by atoms with van der Waals surface area (Å²) in [6.07, 6.45) is 10.4. The molecule has 0 radical (unpaired) electrons. The molecule has 1 fully saturated rings. The van der Waals surface area contributed by atoms with Crippen molar-refractivity contribution in [2.24, 2.45) is 17.3 Å². The molecule has 0 aliphatic heterocycles. The minimum absolute atomic E-state index is 0.506. The Morgan fingerprint density at radius 1 is 1.43 bits per heavy atom. The second-order valence-corrected chi connectivity index (χ2v) is 5.39. The first-order valence-corrected chi connectivity index (χ1v) is 5.67. The summed E-state index contributed by atoms with van der Waals surface area (Å²) in [6.45, 7) is 5.86. The summed E-state index contributed by atoms with van der Waals surface area (Å²) in [4.78, 5) is 0. The van der Waals surface area contributed by atoms with Gasteiger partial charge in [-0.15, -0.1) is 12.3 Å². The zero-order chi connectivity index (χ0) is 10.6. The third kappa shape index (κ3) is 3.03. The minimum Gasteiger partial charge on any atom is -0.319 e. The predicted octanol–water partition coefficient (Wildman–Crippen LogP) is 2.67. The first kappa shape index (κ1) is 11.6. The average molecular weight is 193 g/mol. The highest BCUT2D eigenvalue weighted by atomic mass is 14.8. The van der Waals surface area contributed by atoms with Crippen molar-refractivity contribution in [3.8, 4) is 12.3 Å². The van der Waals surface area contributed by atoms with Crippen molar-refractivity contribution in [3.05, 3.63) is 0 Å². The number of nitrogens with one attached hydrogen (secondary N) is 1. The van der Waals surface area contributed by atoms with Crippen molar-refractivity contribution >= 4 is 0 Å². The lowest BCUT2D eigenvalue weighted by Gasteiger charge is -2.40. The fraction of sp³-hybridized carbons (Fsp3) is 0.846. The molecule has 1 heteroatoms. The first-order valence-electron chi connectivity index (χ1n) is 5.67. The molecule has 1 aliphatic carbocycles. The maximum absolute atomic E-state index is 5.44. The van der Waals surface area contributed by atoms with E-state index in [0.717, 1.165) is 24.8 Å². The van der Waals surface area contributed by atoms with Gasteiger partial charge in [0.1, 0.15) is 0 Å². The maximum Gasteiger partial charge on any atom is 0.0118 e. The molecule has 0 aromatic carbocycles. The van der Waals surface area contributed by atoms with E-state index in [0.29, 0.717) is 5.41 Å². The van der Waals surface area contributed by atoms with Gasteiger partial charge in [0.2, 0.25) is 0 Å². The molecule has 0 saturated heterocycles. The van der Waals surface area contributed by atoms with E-state index in [1.807, 2.05) is 7.05 Å². The van der Waals surface area contributed by atoms with E-state index in [1.54, 1.807) is 0 Å². The van der Waals surface area contributed by atoms with E-state index in [9.17, 15) is 0 Å². The zero-order valence-electron chi connectivity index (χ0n) is 9.77. The molecule has 14 heavy (non-hydrogen) atoms. The van der Waals surface area contributed by atoms with Crippen molar-refractivity contribution in [2.75, 3.05) is 13.6 Å². The molecule has 0 amide bonds. The highest BCUT2D eigenvalue weighted by molar-refractivity contribution is 4.94. The van der Waals surface area contributed by atoms with Gasteiger partial charge in [-0.1, -0.05) is 13.8 Å². The average Bonchev–Trinajstić information content (AvgIpc) is 2.10. The van der Waals surface area contributed by atoms with Gasteiger partial charge in [0.05, 0.1) is 0 Å². The third-order valence-corrected chi connectivity index (χ3v) is 3.52. The van der Waals surface area contributed by atoms with Crippen molar-refractivity contribution < 1.29 is 0 Å². The van der Waals surface area contributed by atoms with Crippen LogP contribution >= 0.6 is 0 Å². The lowest BCUT2D eigenvalue weighted by atomic mass is 9.66. The highest BCUT2D eigenvalue weighted by Gasteiger charge is 2.33. The molecule has 0 aromatic heterocycles. The van der Waals surface area contributed by atoms with Crippen LogP contribution in [-0.4, -0.2) is 13.6 Å². The summed E-state index contributed by atoms with van der Waals surface area (Å²) in [6, 6.07) is 0. The third-order valence-electron chi connectivity index (χ3n) is 3.52. The SMILES string of the molecule is C#CCC1CC(C)(C)CCC1CNC. The van der Waals surface area contributed by atoms with Crippen LogP contribution in [0.5, 0.6) is 0 Å². The molecule has 2 atom stereocenters. The van der Waals surface area contributed by atoms with Gasteiger partial charge in [0.15, 0.2) is 0 Å². The molecule has 1 N–H and O–H groups in total. The van der Waals surface area contributed by atoms with E-state index in [-0.39, 0.29) is 0 Å². The molecule has 0 aromatic rings. The second-order valence-electron chi connectivity index (χ2n) is 5.39. The van der Waals surface area contributed by atoms with Crippen LogP contribution in [0.15, 0.2) is 0 Å². The van der Waals surface area contributed by atoms with Gasteiger partial charge in [0.25, 0.3) is 0 Å². The van der Waals surface area contributed by atoms with Gasteiger partial charge >= 0.3 is 0 Å². The number of rotatable bonds is 3. The fourth-order valence-corrected chi connectivity index (χ4v) is 2.71. The van der Waals surface area contributed by atoms with Crippen LogP contribution in [0.25, 0.3) is 0 Å². The summed E-state index contributed by atoms with van der Waals surface area (Å²) < 4.78 is 0. The Labute approximate surface area is 88.7 Å². The van der Waals surface area contributed by atoms with Gasteiger partial charge in [-0.2, -0.15) is 0 Å². The second kappa shape index (κ2) is 4.84. The van der Waals surface area contributed by atoms with Crippen LogP contribution in [0.2, 0.25) is 0 Å². The topological polar surface area (TPSA) is 12.0 Å². The Morgan fingerprint density at radius 2 is 2.14 bits per heavy atom. The van der Waals surface area contributed by atoms with Gasteiger partial charge in [-0.3, -0.25) is 0 Å². The Hall–Kier alpha value is -0.480. The van der Waals surface area contributed by atoms with Crippen molar-refractivity contribution in [1.29, 1.82) is 0 Å². The van der Waals surface area contributed by atoms with Crippen molar-refractivity contribution in [3.63, 3.8) is 0 Å². The van der Waals surface area contributed by atoms with Crippen LogP contribution in [0.3, 0.4) is 0 Å². The van der Waals surface area contributed by atoms with Crippen LogP contribution in [0.1, 0.15) is 39.5 Å². The number of hydrogen-bond acceptors (Lipinski definition) is 1. The molecule has 0 bridgehead atoms. The first-order chi connectivity index (χ1) is 6.59. The van der Waals surface area contributed by atoms with Gasteiger partial charge in [0, 0.05) is 6.42 Å². The Balaban J connectivity index is 2.57. The molecule has 0 heterocycles. The largest absolute Gasteiger partial charge is 0.319 e. The summed E-state index contributed by atoms with van der Waals surface area (Å²) >= 11 is 0. The van der Waals surface area contributed by atoms with Crippen molar-refractivity contribution in [1.82, 2.24) is 5.32 Å². The van der Waals surface area contributed by atoms with E-state index in [4.69, 9.17) is 6.42 Å². The van der Waals surface area contributed by atoms with Crippen molar-refractivity contribution in [2.45, 2.75) is 39.5 Å². The molecule has 1 aliphatic rings. The predicted molar refractivity (Wildman–Crippen MR) is 62.0 cm³/mol. The van der Waals surface area contributed by atoms with E-state index in [1.165, 1.54) is 19.3 Å². The standard InChI is InChI=1S/C13H23N/c1-5-6-11-9-13(2,3)8-7-12(11)10-14-4/h1,11-12,14H,6-10H2,2-4H3. The molecule has 1 rings (SSSR count). The van der Waals surface area contributed by atoms with Crippen LogP contribution in [0.4, 0.5) is 0 Å². The fourth-order valence-electron chi connectivity index (χ4n) is 2.71. The molecule has 2 unspecified atom stereocenters. The van der Waals surface area contributed by atoms with Crippen LogP contribution < -0.4 is 5.32 Å². The quantitative estimate of drug-likeness (QED) is 0.680. The Bertz CT molecular complexity index is 212. The lowest BCUT2D eigenvalue weighted by molar-refractivity contribution is 0.120. The van der Waals surface area contributed by atoms with E-state index < -0.39 is 0 Å². The smallest absolute Gasteiger partial charge is 0.0118 e.